The fraction of sp³-hybridized carbons (Fsp3) is 0.286. The number of methoxy groups -OCH3 is 2. The van der Waals surface area contributed by atoms with Crippen molar-refractivity contribution in [3.05, 3.63) is 18.2 Å². The fourth-order valence-corrected chi connectivity index (χ4v) is 2.44. The van der Waals surface area contributed by atoms with Crippen molar-refractivity contribution in [2.24, 2.45) is 0 Å². The predicted octanol–water partition coefficient (Wildman–Crippen LogP) is 2.14. The van der Waals surface area contributed by atoms with Crippen molar-refractivity contribution in [1.82, 2.24) is 0 Å². The van der Waals surface area contributed by atoms with E-state index in [1.165, 1.54) is 27.2 Å². The van der Waals surface area contributed by atoms with Gasteiger partial charge >= 0.3 is 0 Å². The Hall–Kier alpha value is -2.55. The predicted molar refractivity (Wildman–Crippen MR) is 83.7 cm³/mol. The van der Waals surface area contributed by atoms with Crippen LogP contribution in [0.5, 0.6) is 23.0 Å². The standard InChI is InChI=1S/C14H17NO7S/c1-4-23(18,19)15-14-12(17)11(16)13(22-14)9-7-8(20-2)5-6-10(9)21-3/h5-7,15-17H,4H2,1-3H3. The second-order valence-electron chi connectivity index (χ2n) is 4.53. The van der Waals surface area contributed by atoms with E-state index in [2.05, 4.69) is 4.72 Å². The molecule has 0 radical (unpaired) electrons. The lowest BCUT2D eigenvalue weighted by Gasteiger charge is -2.08. The van der Waals surface area contributed by atoms with E-state index in [-0.39, 0.29) is 11.5 Å². The largest absolute Gasteiger partial charge is 0.502 e. The highest BCUT2D eigenvalue weighted by Crippen LogP contribution is 2.48. The molecule has 1 heterocycles. The summed E-state index contributed by atoms with van der Waals surface area (Å²) in [5.41, 5.74) is 0.293. The maximum Gasteiger partial charge on any atom is 0.253 e. The van der Waals surface area contributed by atoms with Crippen LogP contribution in [0, 0.1) is 0 Å². The average Bonchev–Trinajstić information content (AvgIpc) is 2.82. The molecule has 0 fully saturated rings. The molecule has 9 heteroatoms. The Morgan fingerprint density at radius 1 is 1.17 bits per heavy atom. The van der Waals surface area contributed by atoms with Crippen LogP contribution in [-0.4, -0.2) is 38.6 Å². The lowest BCUT2D eigenvalue weighted by Crippen LogP contribution is -2.14. The van der Waals surface area contributed by atoms with E-state index in [1.807, 2.05) is 0 Å². The van der Waals surface area contributed by atoms with E-state index < -0.39 is 27.4 Å². The molecular formula is C14H17NO7S. The maximum absolute atomic E-state index is 11.6. The molecule has 0 bridgehead atoms. The highest BCUT2D eigenvalue weighted by molar-refractivity contribution is 7.92. The van der Waals surface area contributed by atoms with Crippen molar-refractivity contribution in [1.29, 1.82) is 0 Å². The number of benzene rings is 1. The van der Waals surface area contributed by atoms with Gasteiger partial charge in [0.2, 0.25) is 21.5 Å². The summed E-state index contributed by atoms with van der Waals surface area (Å²) in [4.78, 5) is 0. The van der Waals surface area contributed by atoms with Crippen molar-refractivity contribution in [3.63, 3.8) is 0 Å². The van der Waals surface area contributed by atoms with Gasteiger partial charge in [-0.25, -0.2) is 13.1 Å². The molecule has 126 valence electrons. The zero-order chi connectivity index (χ0) is 17.2. The Kier molecular flexibility index (Phi) is 4.60. The van der Waals surface area contributed by atoms with Gasteiger partial charge in [0.25, 0.3) is 5.88 Å². The van der Waals surface area contributed by atoms with Crippen molar-refractivity contribution in [2.75, 3.05) is 24.7 Å². The normalized spacial score (nSPS) is 11.3. The molecule has 0 saturated carbocycles. The van der Waals surface area contributed by atoms with Crippen LogP contribution >= 0.6 is 0 Å². The van der Waals surface area contributed by atoms with Gasteiger partial charge in [-0.1, -0.05) is 0 Å². The third-order valence-electron chi connectivity index (χ3n) is 3.14. The summed E-state index contributed by atoms with van der Waals surface area (Å²) in [5.74, 6) is -1.33. The number of furan rings is 1. The molecule has 1 aromatic carbocycles. The average molecular weight is 343 g/mol. The smallest absolute Gasteiger partial charge is 0.253 e. The minimum Gasteiger partial charge on any atom is -0.502 e. The van der Waals surface area contributed by atoms with Crippen LogP contribution < -0.4 is 14.2 Å². The Bertz CT molecular complexity index is 811. The fourth-order valence-electron chi connectivity index (χ4n) is 1.87. The first-order valence-corrected chi connectivity index (χ1v) is 8.25. The molecule has 0 aliphatic rings. The summed E-state index contributed by atoms with van der Waals surface area (Å²) in [6.45, 7) is 1.42. The zero-order valence-corrected chi connectivity index (χ0v) is 13.6. The summed E-state index contributed by atoms with van der Waals surface area (Å²) in [7, 11) is -0.793. The molecule has 2 aromatic rings. The Morgan fingerprint density at radius 2 is 1.87 bits per heavy atom. The highest BCUT2D eigenvalue weighted by Gasteiger charge is 2.25. The first-order chi connectivity index (χ1) is 10.8. The first kappa shape index (κ1) is 16.8. The lowest BCUT2D eigenvalue weighted by molar-refractivity contribution is 0.400. The number of aromatic hydroxyl groups is 2. The number of hydrogen-bond acceptors (Lipinski definition) is 7. The van der Waals surface area contributed by atoms with Gasteiger partial charge in [0.1, 0.15) is 11.5 Å². The molecule has 0 aliphatic heterocycles. The summed E-state index contributed by atoms with van der Waals surface area (Å²) in [6, 6.07) is 4.75. The summed E-state index contributed by atoms with van der Waals surface area (Å²) < 4.78 is 40.8. The molecule has 0 aliphatic carbocycles. The topological polar surface area (TPSA) is 118 Å². The minimum atomic E-state index is -3.68. The van der Waals surface area contributed by atoms with Gasteiger partial charge in [0.15, 0.2) is 5.76 Å². The summed E-state index contributed by atoms with van der Waals surface area (Å²) in [5, 5.41) is 19.9. The number of sulfonamides is 1. The van der Waals surface area contributed by atoms with Gasteiger partial charge in [-0.2, -0.15) is 0 Å². The monoisotopic (exact) mass is 343 g/mol. The quantitative estimate of drug-likeness (QED) is 0.735. The summed E-state index contributed by atoms with van der Waals surface area (Å²) in [6.07, 6.45) is 0. The molecular weight excluding hydrogens is 326 g/mol. The third-order valence-corrected chi connectivity index (χ3v) is 4.39. The Balaban J connectivity index is 2.57. The summed E-state index contributed by atoms with van der Waals surface area (Å²) >= 11 is 0. The first-order valence-electron chi connectivity index (χ1n) is 6.60. The molecule has 2 rings (SSSR count). The van der Waals surface area contributed by atoms with E-state index in [0.29, 0.717) is 17.1 Å². The van der Waals surface area contributed by atoms with Gasteiger partial charge in [-0.15, -0.1) is 0 Å². The van der Waals surface area contributed by atoms with Crippen molar-refractivity contribution < 1.29 is 32.5 Å². The van der Waals surface area contributed by atoms with Crippen molar-refractivity contribution in [2.45, 2.75) is 6.92 Å². The van der Waals surface area contributed by atoms with Gasteiger partial charge in [0.05, 0.1) is 25.5 Å². The van der Waals surface area contributed by atoms with E-state index in [1.54, 1.807) is 12.1 Å². The maximum atomic E-state index is 11.6. The van der Waals surface area contributed by atoms with Gasteiger partial charge in [-0.05, 0) is 25.1 Å². The minimum absolute atomic E-state index is 0.146. The molecule has 23 heavy (non-hydrogen) atoms. The van der Waals surface area contributed by atoms with Crippen LogP contribution in [-0.2, 0) is 10.0 Å². The van der Waals surface area contributed by atoms with Gasteiger partial charge in [-0.3, -0.25) is 0 Å². The number of hydrogen-bond donors (Lipinski definition) is 3. The molecule has 0 atom stereocenters. The number of nitrogens with one attached hydrogen (secondary N) is 1. The number of rotatable bonds is 6. The molecule has 0 unspecified atom stereocenters. The molecule has 1 aromatic heterocycles. The SMILES string of the molecule is CCS(=O)(=O)Nc1oc(-c2cc(OC)ccc2OC)c(O)c1O. The number of anilines is 1. The third kappa shape index (κ3) is 3.29. The second kappa shape index (κ2) is 6.29. The lowest BCUT2D eigenvalue weighted by atomic mass is 10.1. The molecule has 3 N–H and O–H groups in total. The Morgan fingerprint density at radius 3 is 2.43 bits per heavy atom. The molecule has 8 nitrogen and oxygen atoms in total. The van der Waals surface area contributed by atoms with Crippen LogP contribution in [0.1, 0.15) is 6.92 Å². The number of ether oxygens (including phenoxy) is 2. The Labute approximate surface area is 133 Å². The highest BCUT2D eigenvalue weighted by atomic mass is 32.2. The van der Waals surface area contributed by atoms with Crippen molar-refractivity contribution >= 4 is 15.9 Å². The van der Waals surface area contributed by atoms with E-state index >= 15 is 0 Å². The van der Waals surface area contributed by atoms with Crippen LogP contribution in [0.15, 0.2) is 22.6 Å². The van der Waals surface area contributed by atoms with E-state index in [4.69, 9.17) is 13.9 Å². The van der Waals surface area contributed by atoms with Crippen LogP contribution in [0.4, 0.5) is 5.88 Å². The van der Waals surface area contributed by atoms with E-state index in [9.17, 15) is 18.6 Å². The molecule has 0 spiro atoms. The zero-order valence-electron chi connectivity index (χ0n) is 12.8. The van der Waals surface area contributed by atoms with Crippen LogP contribution in [0.3, 0.4) is 0 Å². The van der Waals surface area contributed by atoms with Crippen LogP contribution in [0.2, 0.25) is 0 Å². The van der Waals surface area contributed by atoms with Gasteiger partial charge in [0, 0.05) is 0 Å². The molecule has 0 saturated heterocycles. The molecule has 0 amide bonds. The van der Waals surface area contributed by atoms with E-state index in [0.717, 1.165) is 0 Å². The van der Waals surface area contributed by atoms with Gasteiger partial charge < -0.3 is 24.1 Å². The van der Waals surface area contributed by atoms with Crippen molar-refractivity contribution in [3.8, 4) is 34.3 Å². The van der Waals surface area contributed by atoms with Crippen LogP contribution in [0.25, 0.3) is 11.3 Å². The second-order valence-corrected chi connectivity index (χ2v) is 6.54.